The minimum Gasteiger partial charge on any atom is -0.394 e. The van der Waals surface area contributed by atoms with Crippen LogP contribution >= 0.6 is 0 Å². The van der Waals surface area contributed by atoms with Gasteiger partial charge in [0, 0.05) is 24.9 Å². The molecule has 1 saturated heterocycles. The first kappa shape index (κ1) is 22.6. The van der Waals surface area contributed by atoms with Crippen molar-refractivity contribution in [1.82, 2.24) is 20.7 Å². The molecule has 1 aliphatic heterocycles. The van der Waals surface area contributed by atoms with Crippen LogP contribution in [0.2, 0.25) is 0 Å². The summed E-state index contributed by atoms with van der Waals surface area (Å²) in [6, 6.07) is 9.80. The van der Waals surface area contributed by atoms with Crippen LogP contribution in [-0.2, 0) is 9.59 Å². The second kappa shape index (κ2) is 10.8. The van der Waals surface area contributed by atoms with Crippen LogP contribution in [0, 0.1) is 5.92 Å². The fourth-order valence-electron chi connectivity index (χ4n) is 3.88. The van der Waals surface area contributed by atoms with Crippen LogP contribution < -0.4 is 10.8 Å². The number of hydrogen-bond acceptors (Lipinski definition) is 6. The monoisotopic (exact) mass is 428 g/mol. The lowest BCUT2D eigenvalue weighted by molar-refractivity contribution is -0.135. The number of piperidine rings is 1. The van der Waals surface area contributed by atoms with E-state index in [1.165, 1.54) is 0 Å². The third-order valence-corrected chi connectivity index (χ3v) is 5.68. The number of nitrogens with zero attached hydrogens (tertiary/aromatic N) is 2. The lowest BCUT2D eigenvalue weighted by Gasteiger charge is -2.34. The van der Waals surface area contributed by atoms with E-state index in [0.29, 0.717) is 30.9 Å². The molecule has 1 aliphatic rings. The Kier molecular flexibility index (Phi) is 7.91. The Hall–Kier alpha value is -3.04. The number of aromatic nitrogens is 1. The number of para-hydroxylation sites is 1. The second-order valence-corrected chi connectivity index (χ2v) is 7.79. The zero-order valence-electron chi connectivity index (χ0n) is 17.3. The van der Waals surface area contributed by atoms with E-state index in [1.54, 1.807) is 28.6 Å². The predicted molar refractivity (Wildman–Crippen MR) is 113 cm³/mol. The molecular formula is C22H28N4O5. The number of fused-ring (bicyclic) bond motifs is 1. The molecule has 0 aliphatic carbocycles. The molecule has 0 spiro atoms. The van der Waals surface area contributed by atoms with Crippen molar-refractivity contribution in [1.29, 1.82) is 0 Å². The van der Waals surface area contributed by atoms with E-state index in [0.717, 1.165) is 24.6 Å². The molecule has 0 bridgehead atoms. The minimum absolute atomic E-state index is 0.190. The Morgan fingerprint density at radius 1 is 1.13 bits per heavy atom. The molecule has 31 heavy (non-hydrogen) atoms. The minimum atomic E-state index is -1.02. The fraction of sp³-hybridized carbons (Fsp3) is 0.455. The summed E-state index contributed by atoms with van der Waals surface area (Å²) in [6.45, 7) is 0.584. The number of hydroxylamine groups is 1. The highest BCUT2D eigenvalue weighted by molar-refractivity contribution is 5.97. The zero-order chi connectivity index (χ0) is 22.2. The van der Waals surface area contributed by atoms with Crippen molar-refractivity contribution in [2.24, 2.45) is 5.92 Å². The van der Waals surface area contributed by atoms with E-state index in [4.69, 9.17) is 5.21 Å². The number of benzene rings is 1. The van der Waals surface area contributed by atoms with E-state index in [-0.39, 0.29) is 18.0 Å². The molecule has 0 radical (unpaired) electrons. The molecule has 2 heterocycles. The van der Waals surface area contributed by atoms with E-state index in [1.807, 2.05) is 18.2 Å². The van der Waals surface area contributed by atoms with Gasteiger partial charge >= 0.3 is 0 Å². The first-order valence-electron chi connectivity index (χ1n) is 10.5. The summed E-state index contributed by atoms with van der Waals surface area (Å²) in [5.41, 5.74) is 2.50. The summed E-state index contributed by atoms with van der Waals surface area (Å²) in [4.78, 5) is 42.5. The molecule has 1 aromatic heterocycles. The number of aliphatic hydroxyl groups excluding tert-OH is 1. The predicted octanol–water partition coefficient (Wildman–Crippen LogP) is 1.24. The van der Waals surface area contributed by atoms with E-state index in [2.05, 4.69) is 10.3 Å². The molecule has 4 N–H and O–H groups in total. The van der Waals surface area contributed by atoms with Gasteiger partial charge in [-0.05, 0) is 43.7 Å². The van der Waals surface area contributed by atoms with Crippen molar-refractivity contribution in [2.75, 3.05) is 19.7 Å². The van der Waals surface area contributed by atoms with Gasteiger partial charge in [0.05, 0.1) is 12.1 Å². The lowest BCUT2D eigenvalue weighted by Crippen LogP contribution is -2.52. The zero-order valence-corrected chi connectivity index (χ0v) is 17.3. The van der Waals surface area contributed by atoms with Crippen LogP contribution in [0.15, 0.2) is 36.4 Å². The summed E-state index contributed by atoms with van der Waals surface area (Å²) >= 11 is 0. The van der Waals surface area contributed by atoms with Gasteiger partial charge in [-0.2, -0.15) is 0 Å². The number of aliphatic hydroxyl groups is 1. The topological polar surface area (TPSA) is 132 Å². The molecule has 9 heteroatoms. The van der Waals surface area contributed by atoms with E-state index < -0.39 is 24.5 Å². The molecule has 1 atom stereocenters. The quantitative estimate of drug-likeness (QED) is 0.369. The maximum Gasteiger partial charge on any atom is 0.270 e. The van der Waals surface area contributed by atoms with Crippen molar-refractivity contribution in [3.8, 4) is 0 Å². The summed E-state index contributed by atoms with van der Waals surface area (Å²) in [7, 11) is 0. The Morgan fingerprint density at radius 3 is 2.58 bits per heavy atom. The van der Waals surface area contributed by atoms with Gasteiger partial charge < -0.3 is 15.3 Å². The summed E-state index contributed by atoms with van der Waals surface area (Å²) in [5, 5.41) is 21.7. The number of likely N-dealkylation sites (tertiary alicyclic amines) is 1. The fourth-order valence-corrected chi connectivity index (χ4v) is 3.88. The van der Waals surface area contributed by atoms with Gasteiger partial charge in [-0.3, -0.25) is 19.6 Å². The highest BCUT2D eigenvalue weighted by atomic mass is 16.5. The number of nitrogens with one attached hydrogen (secondary N) is 2. The van der Waals surface area contributed by atoms with Crippen molar-refractivity contribution < 1.29 is 24.7 Å². The molecule has 3 rings (SSSR count). The third kappa shape index (κ3) is 5.99. The van der Waals surface area contributed by atoms with Crippen molar-refractivity contribution >= 4 is 28.6 Å². The number of amides is 3. The Morgan fingerprint density at radius 2 is 1.87 bits per heavy atom. The molecule has 3 amide bonds. The molecule has 166 valence electrons. The molecule has 2 aromatic rings. The number of rotatable bonds is 8. The summed E-state index contributed by atoms with van der Waals surface area (Å²) < 4.78 is 0. The number of carbonyl (C=O) groups is 3. The molecule has 1 fully saturated rings. The maximum atomic E-state index is 12.8. The van der Waals surface area contributed by atoms with Crippen LogP contribution in [0.3, 0.4) is 0 Å². The summed E-state index contributed by atoms with van der Waals surface area (Å²) in [5.74, 6) is -0.806. The second-order valence-electron chi connectivity index (χ2n) is 7.79. The first-order valence-corrected chi connectivity index (χ1v) is 10.5. The Bertz CT molecular complexity index is 927. The molecular weight excluding hydrogens is 400 g/mol. The van der Waals surface area contributed by atoms with Crippen molar-refractivity contribution in [2.45, 2.75) is 38.1 Å². The van der Waals surface area contributed by atoms with Gasteiger partial charge in [0.15, 0.2) is 0 Å². The molecule has 0 saturated carbocycles. The Balaban J connectivity index is 1.51. The Labute approximate surface area is 180 Å². The van der Waals surface area contributed by atoms with Crippen LogP contribution in [-0.4, -0.2) is 63.7 Å². The van der Waals surface area contributed by atoms with Gasteiger partial charge in [-0.25, -0.2) is 10.5 Å². The average molecular weight is 428 g/mol. The average Bonchev–Trinajstić information content (AvgIpc) is 2.81. The van der Waals surface area contributed by atoms with Crippen LogP contribution in [0.1, 0.15) is 42.6 Å². The molecule has 1 aromatic carbocycles. The molecule has 0 unspecified atom stereocenters. The summed E-state index contributed by atoms with van der Waals surface area (Å²) in [6.07, 6.45) is 3.40. The van der Waals surface area contributed by atoms with E-state index in [9.17, 15) is 19.5 Å². The van der Waals surface area contributed by atoms with Crippen molar-refractivity contribution in [3.05, 3.63) is 42.1 Å². The first-order chi connectivity index (χ1) is 15.0. The van der Waals surface area contributed by atoms with Gasteiger partial charge in [-0.1, -0.05) is 24.3 Å². The third-order valence-electron chi connectivity index (χ3n) is 5.68. The lowest BCUT2D eigenvalue weighted by atomic mass is 9.91. The molecule has 9 nitrogen and oxygen atoms in total. The van der Waals surface area contributed by atoms with Gasteiger partial charge in [0.1, 0.15) is 11.7 Å². The SMILES string of the molecule is O=C(CCCC1CCN(C(=O)[C@H](CO)NC(=O)c2ccc3ccccc3n2)CC1)NO. The van der Waals surface area contributed by atoms with Crippen LogP contribution in [0.25, 0.3) is 10.9 Å². The highest BCUT2D eigenvalue weighted by Gasteiger charge is 2.29. The number of pyridine rings is 1. The van der Waals surface area contributed by atoms with Crippen molar-refractivity contribution in [3.63, 3.8) is 0 Å². The number of hydrogen-bond donors (Lipinski definition) is 4. The van der Waals surface area contributed by atoms with E-state index >= 15 is 0 Å². The van der Waals surface area contributed by atoms with Gasteiger partial charge in [0.2, 0.25) is 11.8 Å². The number of carbonyl (C=O) groups excluding carboxylic acids is 3. The smallest absolute Gasteiger partial charge is 0.270 e. The highest BCUT2D eigenvalue weighted by Crippen LogP contribution is 2.23. The van der Waals surface area contributed by atoms with Crippen LogP contribution in [0.5, 0.6) is 0 Å². The van der Waals surface area contributed by atoms with Gasteiger partial charge in [0.25, 0.3) is 5.91 Å². The maximum absolute atomic E-state index is 12.8. The van der Waals surface area contributed by atoms with Gasteiger partial charge in [-0.15, -0.1) is 0 Å². The largest absolute Gasteiger partial charge is 0.394 e. The normalized spacial score (nSPS) is 15.5. The standard InChI is InChI=1S/C22H28N4O5/c27-14-19(24-21(29)18-9-8-16-5-1-2-6-17(16)23-18)22(30)26-12-10-15(11-13-26)4-3-7-20(28)25-31/h1-2,5-6,8-9,15,19,27,31H,3-4,7,10-14H2,(H,24,29)(H,25,28)/t19-/m0/s1. The van der Waals surface area contributed by atoms with Crippen LogP contribution in [0.4, 0.5) is 0 Å².